The third-order valence-electron chi connectivity index (χ3n) is 1.04. The average molecular weight is 142 g/mol. The maximum atomic E-state index is 5.20. The van der Waals surface area contributed by atoms with Crippen LogP contribution < -0.4 is 0 Å². The molecule has 0 aromatic rings. The summed E-state index contributed by atoms with van der Waals surface area (Å²) in [6.07, 6.45) is 8.53. The highest BCUT2D eigenvalue weighted by molar-refractivity contribution is 5.53. The summed E-state index contributed by atoms with van der Waals surface area (Å²) in [4.78, 5) is 0. The van der Waals surface area contributed by atoms with E-state index in [1.54, 1.807) is 19.1 Å². The van der Waals surface area contributed by atoms with Crippen LogP contribution in [0.15, 0.2) is 36.5 Å². The Balaban J connectivity index is 4.65. The van der Waals surface area contributed by atoms with Crippen LogP contribution in [0, 0.1) is 24.2 Å². The fraction of sp³-hybridized carbons (Fsp3) is 0.0909. The van der Waals surface area contributed by atoms with Crippen LogP contribution in [-0.2, 0) is 0 Å². The van der Waals surface area contributed by atoms with Crippen LogP contribution in [0.5, 0.6) is 0 Å². The Morgan fingerprint density at radius 1 is 1.55 bits per heavy atom. The van der Waals surface area contributed by atoms with E-state index >= 15 is 0 Å². The second-order valence-corrected chi connectivity index (χ2v) is 1.81. The summed E-state index contributed by atoms with van der Waals surface area (Å²) in [6.45, 7) is 8.98. The Labute approximate surface area is 68.3 Å². The highest BCUT2D eigenvalue weighted by atomic mass is 13.9. The number of allylic oxidation sites excluding steroid dienone is 4. The quantitative estimate of drug-likeness (QED) is 0.410. The van der Waals surface area contributed by atoms with Crippen molar-refractivity contribution in [3.8, 4) is 24.2 Å². The molecule has 0 heteroatoms. The SMILES string of the molecule is C#C/C(=C/C=C)C(=C)C#CC. The van der Waals surface area contributed by atoms with Crippen LogP contribution in [0.25, 0.3) is 0 Å². The predicted octanol–water partition coefficient (Wildman–Crippen LogP) is 2.31. The van der Waals surface area contributed by atoms with Crippen molar-refractivity contribution in [3.05, 3.63) is 36.5 Å². The monoisotopic (exact) mass is 142 g/mol. The van der Waals surface area contributed by atoms with Gasteiger partial charge in [0.15, 0.2) is 0 Å². The van der Waals surface area contributed by atoms with Gasteiger partial charge in [0, 0.05) is 11.1 Å². The van der Waals surface area contributed by atoms with Crippen LogP contribution in [-0.4, -0.2) is 0 Å². The Kier molecular flexibility index (Phi) is 4.37. The van der Waals surface area contributed by atoms with Gasteiger partial charge in [-0.2, -0.15) is 0 Å². The molecule has 0 aromatic carbocycles. The summed E-state index contributed by atoms with van der Waals surface area (Å²) < 4.78 is 0. The van der Waals surface area contributed by atoms with Crippen molar-refractivity contribution in [1.82, 2.24) is 0 Å². The predicted molar refractivity (Wildman–Crippen MR) is 49.7 cm³/mol. The molecular weight excluding hydrogens is 132 g/mol. The molecule has 0 aliphatic rings. The van der Waals surface area contributed by atoms with Gasteiger partial charge in [-0.3, -0.25) is 0 Å². The van der Waals surface area contributed by atoms with Gasteiger partial charge in [0.1, 0.15) is 0 Å². The van der Waals surface area contributed by atoms with E-state index in [4.69, 9.17) is 6.42 Å². The lowest BCUT2D eigenvalue weighted by molar-refractivity contribution is 1.67. The first-order valence-corrected chi connectivity index (χ1v) is 3.17. The first kappa shape index (κ1) is 9.34. The van der Waals surface area contributed by atoms with E-state index in [0.29, 0.717) is 11.1 Å². The van der Waals surface area contributed by atoms with Crippen molar-refractivity contribution in [2.75, 3.05) is 0 Å². The van der Waals surface area contributed by atoms with Crippen LogP contribution >= 0.6 is 0 Å². The standard InChI is InChI=1S/C11H10/c1-5-8-10(4)11(7-3)9-6-2/h3,6,9H,2,4H2,1H3/b11-9-. The van der Waals surface area contributed by atoms with Crippen LogP contribution in [0.3, 0.4) is 0 Å². The van der Waals surface area contributed by atoms with Crippen molar-refractivity contribution >= 4 is 0 Å². The normalized spacial score (nSPS) is 8.91. The molecule has 0 nitrogen and oxygen atoms in total. The van der Waals surface area contributed by atoms with Crippen LogP contribution in [0.4, 0.5) is 0 Å². The van der Waals surface area contributed by atoms with E-state index in [9.17, 15) is 0 Å². The molecule has 0 aliphatic carbocycles. The molecule has 0 spiro atoms. The van der Waals surface area contributed by atoms with E-state index in [1.807, 2.05) is 0 Å². The molecule has 0 fully saturated rings. The number of hydrogen-bond acceptors (Lipinski definition) is 0. The highest BCUT2D eigenvalue weighted by Crippen LogP contribution is 2.04. The summed E-state index contributed by atoms with van der Waals surface area (Å²) in [6, 6.07) is 0. The number of terminal acetylenes is 1. The molecular formula is C11H10. The molecule has 0 unspecified atom stereocenters. The van der Waals surface area contributed by atoms with Gasteiger partial charge in [0.05, 0.1) is 0 Å². The van der Waals surface area contributed by atoms with Crippen molar-refractivity contribution < 1.29 is 0 Å². The summed E-state index contributed by atoms with van der Waals surface area (Å²) in [5, 5.41) is 0. The molecule has 0 saturated carbocycles. The largest absolute Gasteiger partial charge is 0.115 e. The minimum atomic E-state index is 0.662. The van der Waals surface area contributed by atoms with E-state index < -0.39 is 0 Å². The van der Waals surface area contributed by atoms with E-state index in [1.165, 1.54) is 0 Å². The fourth-order valence-corrected chi connectivity index (χ4v) is 0.572. The van der Waals surface area contributed by atoms with Gasteiger partial charge < -0.3 is 0 Å². The smallest absolute Gasteiger partial charge is 0.0392 e. The maximum Gasteiger partial charge on any atom is 0.0392 e. The second kappa shape index (κ2) is 5.15. The number of rotatable bonds is 2. The summed E-state index contributed by atoms with van der Waals surface area (Å²) >= 11 is 0. The third kappa shape index (κ3) is 3.14. The molecule has 0 aliphatic heterocycles. The molecule has 0 bridgehead atoms. The molecule has 0 amide bonds. The minimum absolute atomic E-state index is 0.662. The zero-order valence-corrected chi connectivity index (χ0v) is 6.65. The lowest BCUT2D eigenvalue weighted by Gasteiger charge is -1.92. The van der Waals surface area contributed by atoms with Crippen LogP contribution in [0.1, 0.15) is 6.92 Å². The first-order chi connectivity index (χ1) is 5.26. The van der Waals surface area contributed by atoms with Gasteiger partial charge in [0.25, 0.3) is 0 Å². The Morgan fingerprint density at radius 2 is 2.18 bits per heavy atom. The zero-order chi connectivity index (χ0) is 8.69. The van der Waals surface area contributed by atoms with Gasteiger partial charge in [-0.15, -0.1) is 12.3 Å². The third-order valence-corrected chi connectivity index (χ3v) is 1.04. The van der Waals surface area contributed by atoms with Crippen molar-refractivity contribution in [2.45, 2.75) is 6.92 Å². The molecule has 0 rings (SSSR count). The van der Waals surface area contributed by atoms with Gasteiger partial charge in [0.2, 0.25) is 0 Å². The molecule has 0 atom stereocenters. The molecule has 0 saturated heterocycles. The van der Waals surface area contributed by atoms with Gasteiger partial charge >= 0.3 is 0 Å². The molecule has 0 N–H and O–H groups in total. The summed E-state index contributed by atoms with van der Waals surface area (Å²) in [7, 11) is 0. The summed E-state index contributed by atoms with van der Waals surface area (Å²) in [5.41, 5.74) is 1.35. The lowest BCUT2D eigenvalue weighted by atomic mass is 10.1. The van der Waals surface area contributed by atoms with Crippen molar-refractivity contribution in [1.29, 1.82) is 0 Å². The topological polar surface area (TPSA) is 0 Å². The minimum Gasteiger partial charge on any atom is -0.115 e. The molecule has 11 heavy (non-hydrogen) atoms. The summed E-state index contributed by atoms with van der Waals surface area (Å²) in [5.74, 6) is 7.97. The zero-order valence-electron chi connectivity index (χ0n) is 6.65. The van der Waals surface area contributed by atoms with Gasteiger partial charge in [-0.05, 0) is 13.0 Å². The van der Waals surface area contributed by atoms with Crippen LogP contribution in [0.2, 0.25) is 0 Å². The lowest BCUT2D eigenvalue weighted by Crippen LogP contribution is -1.79. The molecule has 0 radical (unpaired) electrons. The fourth-order valence-electron chi connectivity index (χ4n) is 0.572. The Bertz CT molecular complexity index is 284. The Hall–Kier alpha value is -1.66. The molecule has 0 aromatic heterocycles. The number of hydrogen-bond donors (Lipinski definition) is 0. The van der Waals surface area contributed by atoms with Gasteiger partial charge in [-0.25, -0.2) is 0 Å². The highest BCUT2D eigenvalue weighted by Gasteiger charge is 1.91. The van der Waals surface area contributed by atoms with E-state index in [0.717, 1.165) is 0 Å². The van der Waals surface area contributed by atoms with Crippen molar-refractivity contribution in [3.63, 3.8) is 0 Å². The first-order valence-electron chi connectivity index (χ1n) is 3.17. The maximum absolute atomic E-state index is 5.20. The van der Waals surface area contributed by atoms with Crippen molar-refractivity contribution in [2.24, 2.45) is 0 Å². The molecule has 0 heterocycles. The van der Waals surface area contributed by atoms with Gasteiger partial charge in [-0.1, -0.05) is 31.1 Å². The average Bonchev–Trinajstić information content (AvgIpc) is 2.00. The van der Waals surface area contributed by atoms with E-state index in [-0.39, 0.29) is 0 Å². The second-order valence-electron chi connectivity index (χ2n) is 1.81. The Morgan fingerprint density at radius 3 is 2.55 bits per heavy atom. The molecule has 54 valence electrons. The van der Waals surface area contributed by atoms with E-state index in [2.05, 4.69) is 30.9 Å².